The van der Waals surface area contributed by atoms with Crippen LogP contribution in [0.2, 0.25) is 0 Å². The van der Waals surface area contributed by atoms with Crippen LogP contribution in [0.1, 0.15) is 153 Å². The molecular weight excluding hydrogens is 1190 g/mol. The average Bonchev–Trinajstić information content (AvgIpc) is 0.765. The van der Waals surface area contributed by atoms with Crippen molar-refractivity contribution in [2.24, 2.45) is 42.3 Å². The van der Waals surface area contributed by atoms with Crippen molar-refractivity contribution in [2.45, 2.75) is 134 Å². The molecule has 98 heavy (non-hydrogen) atoms. The first-order valence-electron chi connectivity index (χ1n) is 39.2. The van der Waals surface area contributed by atoms with Gasteiger partial charge in [-0.15, -0.1) is 0 Å². The molecule has 0 aliphatic carbocycles. The Balaban J connectivity index is 0.000000181. The van der Waals surface area contributed by atoms with Crippen LogP contribution in [0.15, 0.2) is 256 Å². The van der Waals surface area contributed by atoms with E-state index >= 15 is 0 Å². The SMILES string of the molecule is CCc1cc[n+](C)c(-c2ccccc2C)c1.CCc1ccc(-c2cccc[n+]2C)c(C)c1.Cc1ccc(-c2cccc[n+]2C)c(C)c1.[2H]C([2H])([2H])C([2H])(C)c1cc[n+](C)c(-c2ccccc2C)c1.[2H]C([2H])([2H])C([2H])(C)c1ccc[n+](C)c1-c1ccccc1C.[2H]C([2H])C(C)c1ccc[n+](C)c1-c1ccccc1C. The number of hydrogen-bond donors (Lipinski definition) is 0. The Bertz CT molecular complexity index is 5000. The molecule has 6 nitrogen and oxygen atoms in total. The van der Waals surface area contributed by atoms with Crippen molar-refractivity contribution in [3.8, 4) is 67.5 Å². The summed E-state index contributed by atoms with van der Waals surface area (Å²) < 4.78 is 90.2. The third kappa shape index (κ3) is 20.2. The van der Waals surface area contributed by atoms with Crippen LogP contribution in [0.25, 0.3) is 67.5 Å². The quantitative estimate of drug-likeness (QED) is 0.115. The first kappa shape index (κ1) is 61.8. The molecule has 3 unspecified atom stereocenters. The van der Waals surface area contributed by atoms with Crippen molar-refractivity contribution in [3.05, 3.63) is 322 Å². The molecule has 504 valence electrons. The Morgan fingerprint density at radius 2 is 0.704 bits per heavy atom. The van der Waals surface area contributed by atoms with E-state index in [-0.39, 0.29) is 5.92 Å². The summed E-state index contributed by atoms with van der Waals surface area (Å²) in [5, 5.41) is 0. The molecule has 0 radical (unpaired) electrons. The largest absolute Gasteiger partial charge is 0.215 e. The van der Waals surface area contributed by atoms with Gasteiger partial charge in [0.25, 0.3) is 0 Å². The maximum atomic E-state index is 8.40. The zero-order valence-corrected chi connectivity index (χ0v) is 61.5. The summed E-state index contributed by atoms with van der Waals surface area (Å²) in [5.74, 6) is -3.40. The van der Waals surface area contributed by atoms with Gasteiger partial charge in [0.05, 0.1) is 0 Å². The monoisotopic (exact) mass is 1310 g/mol. The lowest BCUT2D eigenvalue weighted by molar-refractivity contribution is -0.660. The fraction of sp³-hybridized carbons (Fsp3) is 0.283. The molecule has 12 aromatic rings. The van der Waals surface area contributed by atoms with Gasteiger partial charge in [-0.2, -0.15) is 0 Å². The normalized spacial score (nSPS) is 13.9. The molecular formula is C92H112N6+6. The fourth-order valence-corrected chi connectivity index (χ4v) is 12.1. The highest BCUT2D eigenvalue weighted by Crippen LogP contribution is 2.31. The molecule has 6 heterocycles. The van der Waals surface area contributed by atoms with Crippen LogP contribution < -0.4 is 27.4 Å². The highest BCUT2D eigenvalue weighted by atomic mass is 14.9. The summed E-state index contributed by atoms with van der Waals surface area (Å²) in [4.78, 5) is 0. The van der Waals surface area contributed by atoms with Gasteiger partial charge in [-0.3, -0.25) is 0 Å². The lowest BCUT2D eigenvalue weighted by Gasteiger charge is -2.11. The van der Waals surface area contributed by atoms with Crippen LogP contribution in [0.5, 0.6) is 0 Å². The predicted molar refractivity (Wildman–Crippen MR) is 413 cm³/mol. The molecule has 3 atom stereocenters. The van der Waals surface area contributed by atoms with E-state index < -0.39 is 32.4 Å². The van der Waals surface area contributed by atoms with Crippen LogP contribution >= 0.6 is 0 Å². The first-order valence-corrected chi connectivity index (χ1v) is 34.1. The smallest absolute Gasteiger partial charge is 0.201 e. The molecule has 0 bridgehead atoms. The van der Waals surface area contributed by atoms with Crippen molar-refractivity contribution in [2.75, 3.05) is 0 Å². The van der Waals surface area contributed by atoms with Gasteiger partial charge in [0.15, 0.2) is 37.2 Å². The second kappa shape index (κ2) is 36.5. The number of benzene rings is 6. The van der Waals surface area contributed by atoms with Crippen molar-refractivity contribution >= 4 is 0 Å². The third-order valence-corrected chi connectivity index (χ3v) is 17.9. The summed E-state index contributed by atoms with van der Waals surface area (Å²) in [6.07, 6.45) is 14.2. The first-order chi connectivity index (χ1) is 50.9. The molecule has 6 aromatic heterocycles. The zero-order chi connectivity index (χ0) is 79.6. The fourth-order valence-electron chi connectivity index (χ4n) is 12.1. The molecule has 6 aromatic carbocycles. The molecule has 0 amide bonds. The van der Waals surface area contributed by atoms with Crippen molar-refractivity contribution in [1.82, 2.24) is 0 Å². The van der Waals surface area contributed by atoms with Gasteiger partial charge in [-0.1, -0.05) is 158 Å². The van der Waals surface area contributed by atoms with Crippen molar-refractivity contribution < 1.29 is 41.1 Å². The second-order valence-corrected chi connectivity index (χ2v) is 25.6. The number of nitrogens with zero attached hydrogens (tertiary/aromatic N) is 6. The van der Waals surface area contributed by atoms with Crippen LogP contribution in [0.4, 0.5) is 0 Å². The minimum Gasteiger partial charge on any atom is -0.201 e. The van der Waals surface area contributed by atoms with Gasteiger partial charge in [-0.25, -0.2) is 27.4 Å². The van der Waals surface area contributed by atoms with E-state index in [1.165, 1.54) is 92.1 Å². The van der Waals surface area contributed by atoms with Crippen LogP contribution in [-0.2, 0) is 55.1 Å². The number of aryl methyl sites for hydroxylation is 15. The number of pyridine rings is 6. The highest BCUT2D eigenvalue weighted by Gasteiger charge is 2.22. The maximum Gasteiger partial charge on any atom is 0.215 e. The van der Waals surface area contributed by atoms with Crippen molar-refractivity contribution in [3.63, 3.8) is 0 Å². The summed E-state index contributed by atoms with van der Waals surface area (Å²) in [6.45, 7) is 18.3. The Kier molecular flexibility index (Phi) is 23.0. The van der Waals surface area contributed by atoms with E-state index in [2.05, 4.69) is 222 Å². The van der Waals surface area contributed by atoms with Gasteiger partial charge < -0.3 is 0 Å². The lowest BCUT2D eigenvalue weighted by Crippen LogP contribution is -2.32. The average molecular weight is 1310 g/mol. The van der Waals surface area contributed by atoms with E-state index in [0.29, 0.717) is 11.1 Å². The molecule has 0 saturated heterocycles. The van der Waals surface area contributed by atoms with Gasteiger partial charge >= 0.3 is 0 Å². The van der Waals surface area contributed by atoms with E-state index in [4.69, 9.17) is 13.7 Å². The highest BCUT2D eigenvalue weighted by molar-refractivity contribution is 5.67. The molecule has 12 rings (SSSR count). The molecule has 6 heteroatoms. The molecule has 0 saturated carbocycles. The van der Waals surface area contributed by atoms with Gasteiger partial charge in [0, 0.05) is 119 Å². The Morgan fingerprint density at radius 1 is 0.316 bits per heavy atom. The minimum absolute atomic E-state index is 0.109. The molecule has 0 aliphatic rings. The van der Waals surface area contributed by atoms with Gasteiger partial charge in [0.1, 0.15) is 42.3 Å². The van der Waals surface area contributed by atoms with Crippen LogP contribution in [0, 0.1) is 48.5 Å². The molecule has 0 spiro atoms. The molecule has 0 aliphatic heterocycles. The second-order valence-electron chi connectivity index (χ2n) is 25.6. The predicted octanol–water partition coefficient (Wildman–Crippen LogP) is 19.7. The Hall–Kier alpha value is -9.78. The molecule has 0 N–H and O–H groups in total. The maximum absolute atomic E-state index is 8.40. The Morgan fingerprint density at radius 3 is 1.15 bits per heavy atom. The van der Waals surface area contributed by atoms with Gasteiger partial charge in [-0.05, 0) is 190 Å². The van der Waals surface area contributed by atoms with E-state index in [9.17, 15) is 0 Å². The zero-order valence-electron chi connectivity index (χ0n) is 71.5. The van der Waals surface area contributed by atoms with Gasteiger partial charge in [0.2, 0.25) is 34.2 Å². The van der Waals surface area contributed by atoms with E-state index in [0.717, 1.165) is 57.7 Å². The number of aromatic nitrogens is 6. The van der Waals surface area contributed by atoms with Crippen molar-refractivity contribution in [1.29, 1.82) is 0 Å². The standard InChI is InChI=1S/3C16H20N.2C15H18N.C14H16N/c2*1-12(2)14-10-7-11-17(4)16(14)15-9-6-5-8-13(15)3;1-12(2)14-9-10-17(4)16(11-14)15-8-6-5-7-13(15)3;1-4-13-8-9-14(12(2)11-13)15-7-5-6-10-16(15)3;1-4-13-9-10-16(3)15(11-13)14-8-6-5-7-12(14)2;1-11-7-8-13(12(2)10-11)14-6-4-5-9-15(14)3/h3*5-12H,1-4H3;2*5-11H,4H2,1-3H3;4-10H,1-3H3/q6*+1/i1D3,12D;1D2;1D3,12D;;;. The minimum atomic E-state index is -2.39. The third-order valence-electron chi connectivity index (χ3n) is 17.9. The number of rotatable bonds is 11. The summed E-state index contributed by atoms with van der Waals surface area (Å²) in [6, 6.07) is 74.0. The van der Waals surface area contributed by atoms with E-state index in [1.807, 2.05) is 155 Å². The molecule has 0 fully saturated rings. The van der Waals surface area contributed by atoms with Crippen LogP contribution in [-0.4, -0.2) is 0 Å². The summed E-state index contributed by atoms with van der Waals surface area (Å²) >= 11 is 0. The Labute approximate surface area is 604 Å². The summed E-state index contributed by atoms with van der Waals surface area (Å²) in [5.41, 5.74) is 27.3. The lowest BCUT2D eigenvalue weighted by atomic mass is 9.94. The van der Waals surface area contributed by atoms with E-state index in [1.54, 1.807) is 18.2 Å². The van der Waals surface area contributed by atoms with Crippen LogP contribution in [0.3, 0.4) is 0 Å². The number of hydrogen-bond acceptors (Lipinski definition) is 0. The topological polar surface area (TPSA) is 23.3 Å². The summed E-state index contributed by atoms with van der Waals surface area (Å²) in [7, 11) is 12.1.